The standard InChI is InChI=1S/C19H24N4O4/c1-3-27-19(25)22-10-8-15(9-11-22)21-18(24)14-12-20-23(13-14)16-6-4-5-7-17(16)26-2/h4-7,12-13,15H,3,8-11H2,1-2H3,(H,21,24). The predicted octanol–water partition coefficient (Wildman–Crippen LogP) is 2.23. The molecule has 1 aliphatic rings. The van der Waals surface area contributed by atoms with Crippen LogP contribution in [0.15, 0.2) is 36.7 Å². The fourth-order valence-corrected chi connectivity index (χ4v) is 3.08. The maximum atomic E-state index is 12.5. The molecule has 1 aromatic heterocycles. The number of nitrogens with one attached hydrogen (secondary N) is 1. The fraction of sp³-hybridized carbons (Fsp3) is 0.421. The van der Waals surface area contributed by atoms with Crippen molar-refractivity contribution in [1.29, 1.82) is 0 Å². The number of likely N-dealkylation sites (tertiary alicyclic amines) is 1. The molecule has 1 N–H and O–H groups in total. The predicted molar refractivity (Wildman–Crippen MR) is 99.2 cm³/mol. The zero-order valence-electron chi connectivity index (χ0n) is 15.6. The number of benzene rings is 1. The summed E-state index contributed by atoms with van der Waals surface area (Å²) < 4.78 is 12.0. The molecule has 1 aliphatic heterocycles. The van der Waals surface area contributed by atoms with Gasteiger partial charge in [-0.15, -0.1) is 0 Å². The molecule has 0 saturated carbocycles. The van der Waals surface area contributed by atoms with Crippen molar-refractivity contribution >= 4 is 12.0 Å². The van der Waals surface area contributed by atoms with Gasteiger partial charge < -0.3 is 19.7 Å². The first-order chi connectivity index (χ1) is 13.1. The summed E-state index contributed by atoms with van der Waals surface area (Å²) in [5, 5.41) is 7.29. The number of nitrogens with zero attached hydrogens (tertiary/aromatic N) is 3. The Balaban J connectivity index is 1.58. The molecule has 0 bridgehead atoms. The Morgan fingerprint density at radius 2 is 2.00 bits per heavy atom. The number of piperidine rings is 1. The van der Waals surface area contributed by atoms with Crippen molar-refractivity contribution in [3.8, 4) is 11.4 Å². The Morgan fingerprint density at radius 3 is 2.70 bits per heavy atom. The minimum Gasteiger partial charge on any atom is -0.494 e. The van der Waals surface area contributed by atoms with E-state index in [2.05, 4.69) is 10.4 Å². The molecule has 1 aromatic carbocycles. The lowest BCUT2D eigenvalue weighted by Crippen LogP contribution is -2.46. The summed E-state index contributed by atoms with van der Waals surface area (Å²) >= 11 is 0. The van der Waals surface area contributed by atoms with E-state index in [0.717, 1.165) is 5.69 Å². The second kappa shape index (κ2) is 8.57. The number of carbonyl (C=O) groups is 2. The second-order valence-corrected chi connectivity index (χ2v) is 6.28. The smallest absolute Gasteiger partial charge is 0.409 e. The Kier molecular flexibility index (Phi) is 5.95. The van der Waals surface area contributed by atoms with Crippen LogP contribution in [0.5, 0.6) is 5.75 Å². The monoisotopic (exact) mass is 372 g/mol. The number of hydrogen-bond acceptors (Lipinski definition) is 5. The third kappa shape index (κ3) is 4.39. The summed E-state index contributed by atoms with van der Waals surface area (Å²) in [5.41, 5.74) is 1.25. The van der Waals surface area contributed by atoms with Gasteiger partial charge in [-0.3, -0.25) is 4.79 Å². The lowest BCUT2D eigenvalue weighted by Gasteiger charge is -2.31. The lowest BCUT2D eigenvalue weighted by atomic mass is 10.1. The molecule has 1 fully saturated rings. The van der Waals surface area contributed by atoms with Crippen LogP contribution in [0.3, 0.4) is 0 Å². The average Bonchev–Trinajstić information content (AvgIpc) is 3.19. The van der Waals surface area contributed by atoms with Crippen molar-refractivity contribution in [1.82, 2.24) is 20.0 Å². The molecule has 8 heteroatoms. The molecule has 0 unspecified atom stereocenters. The van der Waals surface area contributed by atoms with Crippen molar-refractivity contribution in [3.63, 3.8) is 0 Å². The molecule has 2 aromatic rings. The molecule has 0 spiro atoms. The van der Waals surface area contributed by atoms with Gasteiger partial charge in [0, 0.05) is 25.3 Å². The van der Waals surface area contributed by atoms with E-state index in [0.29, 0.717) is 43.9 Å². The number of methoxy groups -OCH3 is 1. The molecule has 1 saturated heterocycles. The van der Waals surface area contributed by atoms with Crippen molar-refractivity contribution in [2.75, 3.05) is 26.8 Å². The molecule has 144 valence electrons. The third-order valence-electron chi connectivity index (χ3n) is 4.53. The van der Waals surface area contributed by atoms with Crippen molar-refractivity contribution in [2.24, 2.45) is 0 Å². The van der Waals surface area contributed by atoms with E-state index in [1.165, 1.54) is 6.20 Å². The van der Waals surface area contributed by atoms with Gasteiger partial charge in [0.05, 0.1) is 25.5 Å². The summed E-state index contributed by atoms with van der Waals surface area (Å²) in [6.07, 6.45) is 4.33. The summed E-state index contributed by atoms with van der Waals surface area (Å²) in [6.45, 7) is 3.30. The van der Waals surface area contributed by atoms with Crippen molar-refractivity contribution in [3.05, 3.63) is 42.2 Å². The molecular weight excluding hydrogens is 348 g/mol. The zero-order chi connectivity index (χ0) is 19.2. The molecule has 0 atom stereocenters. The average molecular weight is 372 g/mol. The lowest BCUT2D eigenvalue weighted by molar-refractivity contribution is 0.0860. The van der Waals surface area contributed by atoms with Crippen LogP contribution in [0.4, 0.5) is 4.79 Å². The van der Waals surface area contributed by atoms with E-state index in [1.807, 2.05) is 24.3 Å². The zero-order valence-corrected chi connectivity index (χ0v) is 15.6. The van der Waals surface area contributed by atoms with Gasteiger partial charge in [-0.1, -0.05) is 12.1 Å². The number of carbonyl (C=O) groups excluding carboxylic acids is 2. The second-order valence-electron chi connectivity index (χ2n) is 6.28. The number of amides is 2. The van der Waals surface area contributed by atoms with E-state index < -0.39 is 0 Å². The minimum absolute atomic E-state index is 0.0257. The summed E-state index contributed by atoms with van der Waals surface area (Å²) in [6, 6.07) is 7.50. The van der Waals surface area contributed by atoms with Crippen LogP contribution in [-0.4, -0.2) is 59.5 Å². The normalized spacial score (nSPS) is 14.7. The van der Waals surface area contributed by atoms with Gasteiger partial charge in [0.1, 0.15) is 11.4 Å². The van der Waals surface area contributed by atoms with Crippen LogP contribution in [-0.2, 0) is 4.74 Å². The summed E-state index contributed by atoms with van der Waals surface area (Å²) in [5.74, 6) is 0.504. The fourth-order valence-electron chi connectivity index (χ4n) is 3.08. The van der Waals surface area contributed by atoms with Gasteiger partial charge in [0.2, 0.25) is 0 Å². The maximum Gasteiger partial charge on any atom is 0.409 e. The summed E-state index contributed by atoms with van der Waals surface area (Å²) in [7, 11) is 1.60. The quantitative estimate of drug-likeness (QED) is 0.870. The van der Waals surface area contributed by atoms with Crippen LogP contribution in [0.25, 0.3) is 5.69 Å². The Labute approximate surface area is 158 Å². The van der Waals surface area contributed by atoms with Crippen LogP contribution in [0, 0.1) is 0 Å². The third-order valence-corrected chi connectivity index (χ3v) is 4.53. The van der Waals surface area contributed by atoms with Crippen LogP contribution in [0.2, 0.25) is 0 Å². The van der Waals surface area contributed by atoms with Crippen LogP contribution < -0.4 is 10.1 Å². The molecular formula is C19H24N4O4. The van der Waals surface area contributed by atoms with E-state index in [1.54, 1.807) is 29.8 Å². The summed E-state index contributed by atoms with van der Waals surface area (Å²) in [4.78, 5) is 25.9. The van der Waals surface area contributed by atoms with Crippen molar-refractivity contribution < 1.29 is 19.1 Å². The van der Waals surface area contributed by atoms with E-state index in [9.17, 15) is 9.59 Å². The number of para-hydroxylation sites is 2. The highest BCUT2D eigenvalue weighted by molar-refractivity contribution is 5.94. The molecule has 3 rings (SSSR count). The largest absolute Gasteiger partial charge is 0.494 e. The molecule has 0 radical (unpaired) electrons. The van der Waals surface area contributed by atoms with Gasteiger partial charge in [0.25, 0.3) is 5.91 Å². The van der Waals surface area contributed by atoms with Crippen molar-refractivity contribution in [2.45, 2.75) is 25.8 Å². The molecule has 2 heterocycles. The van der Waals surface area contributed by atoms with Crippen LogP contribution >= 0.6 is 0 Å². The first-order valence-corrected chi connectivity index (χ1v) is 9.03. The highest BCUT2D eigenvalue weighted by atomic mass is 16.6. The van der Waals surface area contributed by atoms with E-state index in [4.69, 9.17) is 9.47 Å². The topological polar surface area (TPSA) is 85.7 Å². The maximum absolute atomic E-state index is 12.5. The number of ether oxygens (including phenoxy) is 2. The van der Waals surface area contributed by atoms with Crippen LogP contribution in [0.1, 0.15) is 30.1 Å². The highest BCUT2D eigenvalue weighted by Crippen LogP contribution is 2.21. The van der Waals surface area contributed by atoms with Gasteiger partial charge in [-0.05, 0) is 31.9 Å². The Bertz CT molecular complexity index is 797. The van der Waals surface area contributed by atoms with E-state index >= 15 is 0 Å². The first-order valence-electron chi connectivity index (χ1n) is 9.03. The number of hydrogen-bond donors (Lipinski definition) is 1. The minimum atomic E-state index is -0.291. The van der Waals surface area contributed by atoms with Gasteiger partial charge >= 0.3 is 6.09 Å². The molecule has 27 heavy (non-hydrogen) atoms. The SMILES string of the molecule is CCOC(=O)N1CCC(NC(=O)c2cnn(-c3ccccc3OC)c2)CC1. The highest BCUT2D eigenvalue weighted by Gasteiger charge is 2.25. The van der Waals surface area contributed by atoms with Gasteiger partial charge in [-0.2, -0.15) is 5.10 Å². The number of aromatic nitrogens is 2. The Morgan fingerprint density at radius 1 is 1.26 bits per heavy atom. The van der Waals surface area contributed by atoms with E-state index in [-0.39, 0.29) is 18.0 Å². The molecule has 0 aliphatic carbocycles. The Hall–Kier alpha value is -3.03. The molecule has 8 nitrogen and oxygen atoms in total. The van der Waals surface area contributed by atoms with Gasteiger partial charge in [0.15, 0.2) is 0 Å². The number of rotatable bonds is 5. The van der Waals surface area contributed by atoms with Gasteiger partial charge in [-0.25, -0.2) is 9.48 Å². The molecule has 2 amide bonds. The first kappa shape index (κ1) is 18.8.